The van der Waals surface area contributed by atoms with Crippen molar-refractivity contribution in [3.05, 3.63) is 60.0 Å². The minimum absolute atomic E-state index is 0.0267. The lowest BCUT2D eigenvalue weighted by Crippen LogP contribution is -2.47. The summed E-state index contributed by atoms with van der Waals surface area (Å²) in [5.74, 6) is -0.329. The van der Waals surface area contributed by atoms with Gasteiger partial charge in [0.2, 0.25) is 1.43 Å². The lowest BCUT2D eigenvalue weighted by Gasteiger charge is -2.38. The molecule has 0 bridgehead atoms. The molecule has 2 N–H and O–H groups in total. The van der Waals surface area contributed by atoms with Crippen molar-refractivity contribution >= 4 is 58.6 Å². The van der Waals surface area contributed by atoms with Crippen LogP contribution < -0.4 is 5.32 Å². The monoisotopic (exact) mass is 767 g/mol. The Morgan fingerprint density at radius 1 is 1.20 bits per heavy atom. The number of sulfone groups is 1. The lowest BCUT2D eigenvalue weighted by molar-refractivity contribution is -0.0285. The van der Waals surface area contributed by atoms with E-state index < -0.39 is 49.1 Å². The van der Waals surface area contributed by atoms with Crippen LogP contribution in [0.15, 0.2) is 43.0 Å². The number of hydrogen-bond donors (Lipinski definition) is 2. The van der Waals surface area contributed by atoms with Gasteiger partial charge in [-0.1, -0.05) is 18.2 Å². The molecule has 0 saturated carbocycles. The highest BCUT2D eigenvalue weighted by molar-refractivity contribution is 7.91. The van der Waals surface area contributed by atoms with Crippen molar-refractivity contribution in [2.45, 2.75) is 84.4 Å². The van der Waals surface area contributed by atoms with Gasteiger partial charge in [0.15, 0.2) is 39.2 Å². The third-order valence-corrected chi connectivity index (χ3v) is 12.1. The molecule has 278 valence electrons. The second-order valence-electron chi connectivity index (χ2n) is 12.1. The van der Waals surface area contributed by atoms with Crippen LogP contribution in [0.2, 0.25) is 0 Å². The summed E-state index contributed by atoms with van der Waals surface area (Å²) in [5.41, 5.74) is 1.04. The fourth-order valence-electron chi connectivity index (χ4n) is 5.53. The summed E-state index contributed by atoms with van der Waals surface area (Å²) in [5, 5.41) is 6.35. The Kier molecular flexibility index (Phi) is 13.1. The van der Waals surface area contributed by atoms with E-state index in [0.29, 0.717) is 11.2 Å². The number of aliphatic hydroxyl groups is 1. The lowest BCUT2D eigenvalue weighted by atomic mass is 10.1. The van der Waals surface area contributed by atoms with Gasteiger partial charge in [-0.2, -0.15) is 0 Å². The van der Waals surface area contributed by atoms with Gasteiger partial charge in [0.1, 0.15) is 12.4 Å². The number of imidazole rings is 1. The molecule has 1 amide bonds. The van der Waals surface area contributed by atoms with Crippen LogP contribution in [0.5, 0.6) is 0 Å². The smallest absolute Gasteiger partial charge is 0.330 e. The number of hydrogen-bond acceptors (Lipinski definition) is 13. The normalized spacial score (nSPS) is 23.2. The number of ether oxygens (including phenoxy) is 2. The summed E-state index contributed by atoms with van der Waals surface area (Å²) in [6.45, 7) is 17.3. The molecule has 0 aliphatic carbocycles. The molecule has 5 rings (SSSR count). The molecular weight excluding hydrogens is 720 g/mol. The molecule has 0 radical (unpaired) electrons. The standard InChI is InChI=1S/C31H41N8O7PS2.CH4O/c1-19(2)39(20(3)4)47(45-22(6)32-7)46-25-21(5)43-30(26(25)44-31(48)37-13-15-49(41,42)16-14-37)38-18-35-24-27(33-17-34-28(24)38)36-29(40)23-11-9-8-10-12-23;1-2/h8-12,17-22,25-26,30H,13-16H2,1-6H3,(H,33,34,36,40);2H,1H3/t21-,22?,25?,26+,30-,47?;/m1./s1/i5D;2T. The van der Waals surface area contributed by atoms with Crippen molar-refractivity contribution < 1.29 is 38.2 Å². The van der Waals surface area contributed by atoms with Crippen LogP contribution in [0.4, 0.5) is 5.82 Å². The van der Waals surface area contributed by atoms with E-state index in [4.69, 9.17) is 40.1 Å². The highest BCUT2D eigenvalue weighted by Crippen LogP contribution is 2.51. The molecule has 19 heteroatoms. The first-order valence-electron chi connectivity index (χ1n) is 17.3. The topological polar surface area (TPSA) is 175 Å². The van der Waals surface area contributed by atoms with Gasteiger partial charge in [0.05, 0.1) is 23.9 Å². The number of benzene rings is 1. The van der Waals surface area contributed by atoms with E-state index in [2.05, 4.69) is 30.2 Å². The van der Waals surface area contributed by atoms with Crippen molar-refractivity contribution in [1.82, 2.24) is 29.1 Å². The fraction of sp³-hybridized carbons (Fsp3) is 0.562. The van der Waals surface area contributed by atoms with Gasteiger partial charge in [-0.15, -0.1) is 0 Å². The van der Waals surface area contributed by atoms with Gasteiger partial charge in [-0.25, -0.2) is 39.1 Å². The molecular formula is C32H45N8O8PS2. The van der Waals surface area contributed by atoms with Crippen molar-refractivity contribution in [2.24, 2.45) is 0 Å². The van der Waals surface area contributed by atoms with Crippen molar-refractivity contribution in [2.75, 3.05) is 37.0 Å². The zero-order chi connectivity index (χ0) is 38.9. The number of nitrogens with zero attached hydrogens (tertiary/aromatic N) is 7. The van der Waals surface area contributed by atoms with E-state index in [-0.39, 0.29) is 66.0 Å². The van der Waals surface area contributed by atoms with Crippen LogP contribution in [0.1, 0.15) is 59.5 Å². The van der Waals surface area contributed by atoms with Gasteiger partial charge in [-0.3, -0.25) is 14.2 Å². The fourth-order valence-corrected chi connectivity index (χ4v) is 8.82. The van der Waals surface area contributed by atoms with Gasteiger partial charge in [-0.05, 0) is 58.9 Å². The molecule has 1 aromatic carbocycles. The average Bonchev–Trinajstić information content (AvgIpc) is 3.70. The van der Waals surface area contributed by atoms with E-state index in [1.54, 1.807) is 40.7 Å². The van der Waals surface area contributed by atoms with Crippen LogP contribution in [-0.2, 0) is 28.4 Å². The Labute approximate surface area is 308 Å². The van der Waals surface area contributed by atoms with Crippen LogP contribution >= 0.6 is 20.7 Å². The van der Waals surface area contributed by atoms with Crippen LogP contribution in [0.3, 0.4) is 0 Å². The molecule has 2 saturated heterocycles. The van der Waals surface area contributed by atoms with Gasteiger partial charge in [0, 0.05) is 46.1 Å². The molecule has 3 aromatic rings. The molecule has 4 heterocycles. The first-order chi connectivity index (χ1) is 25.2. The van der Waals surface area contributed by atoms with E-state index in [0.717, 1.165) is 0 Å². The van der Waals surface area contributed by atoms with Gasteiger partial charge in [0.25, 0.3) is 19.6 Å². The SMILES string of the molecule is [2H]C[C@H]1O[C@@H](n2cnc3c(NC(=O)c4ccccc4)ncnc32)[C@@H](OC(=S)N2CCS(=O)(=O)CC2)C1OP(OC(C)[N+]#[C-])N(C(C)C)C(C)C.[3H]OC. The second kappa shape index (κ2) is 17.9. The minimum atomic E-state index is -3.19. The number of nitrogens with one attached hydrogen (secondary N) is 1. The Morgan fingerprint density at radius 3 is 2.47 bits per heavy atom. The summed E-state index contributed by atoms with van der Waals surface area (Å²) in [4.78, 5) is 31.4. The highest BCUT2D eigenvalue weighted by atomic mass is 32.2. The molecule has 2 aliphatic heterocycles. The largest absolute Gasteiger partial charge is 0.460 e. The number of carbonyl (C=O) groups excluding carboxylic acids is 1. The summed E-state index contributed by atoms with van der Waals surface area (Å²) in [7, 11) is -3.77. The number of amides is 1. The molecule has 3 unspecified atom stereocenters. The number of thiocarbonyl (C=S) groups is 1. The maximum atomic E-state index is 13.0. The van der Waals surface area contributed by atoms with Crippen LogP contribution in [0, 0.1) is 6.57 Å². The maximum Gasteiger partial charge on any atom is 0.330 e. The van der Waals surface area contributed by atoms with E-state index in [9.17, 15) is 13.2 Å². The number of rotatable bonds is 11. The predicted octanol–water partition coefficient (Wildman–Crippen LogP) is 4.02. The van der Waals surface area contributed by atoms with Crippen molar-refractivity contribution in [3.63, 3.8) is 0 Å². The molecule has 51 heavy (non-hydrogen) atoms. The highest BCUT2D eigenvalue weighted by Gasteiger charge is 2.50. The van der Waals surface area contributed by atoms with Crippen LogP contribution in [0.25, 0.3) is 16.0 Å². The molecule has 2 fully saturated rings. The zero-order valence-corrected chi connectivity index (χ0v) is 31.8. The molecule has 2 aliphatic rings. The summed E-state index contributed by atoms with van der Waals surface area (Å²) in [6, 6.07) is 8.63. The summed E-state index contributed by atoms with van der Waals surface area (Å²) in [6.07, 6.45) is -1.79. The average molecular weight is 768 g/mol. The summed E-state index contributed by atoms with van der Waals surface area (Å²) < 4.78 is 68.0. The van der Waals surface area contributed by atoms with Crippen molar-refractivity contribution in [1.29, 1.82) is 1.43 Å². The Bertz CT molecular complexity index is 1820. The first-order valence-corrected chi connectivity index (χ1v) is 19.5. The number of aliphatic hydroxyl groups excluding tert-OH is 1. The van der Waals surface area contributed by atoms with E-state index in [1.165, 1.54) is 19.8 Å². The number of fused-ring (bicyclic) bond motifs is 1. The molecule has 6 atom stereocenters. The minimum Gasteiger partial charge on any atom is -0.460 e. The molecule has 2 aromatic heterocycles. The zero-order valence-electron chi connectivity index (χ0n) is 31.3. The number of carbonyl (C=O) groups is 1. The Balaban J connectivity index is 0.00000202. The van der Waals surface area contributed by atoms with E-state index >= 15 is 0 Å². The summed E-state index contributed by atoms with van der Waals surface area (Å²) >= 11 is 5.72. The van der Waals surface area contributed by atoms with Gasteiger partial charge >= 0.3 is 6.23 Å². The maximum absolute atomic E-state index is 13.0. The Morgan fingerprint density at radius 2 is 1.86 bits per heavy atom. The van der Waals surface area contributed by atoms with Crippen molar-refractivity contribution in [3.8, 4) is 0 Å². The van der Waals surface area contributed by atoms with Gasteiger partial charge < -0.3 is 29.3 Å². The van der Waals surface area contributed by atoms with Crippen LogP contribution in [-0.4, -0.2) is 123 Å². The third-order valence-electron chi connectivity index (χ3n) is 7.91. The molecule has 0 spiro atoms. The number of aromatic nitrogens is 4. The van der Waals surface area contributed by atoms with E-state index in [1.807, 2.05) is 38.4 Å². The second-order valence-corrected chi connectivity index (χ2v) is 16.1. The molecule has 16 nitrogen and oxygen atoms in total. The Hall–Kier alpha value is -3.40. The quantitative estimate of drug-likeness (QED) is 0.163. The number of anilines is 1. The third kappa shape index (κ3) is 9.73. The predicted molar refractivity (Wildman–Crippen MR) is 196 cm³/mol. The first kappa shape index (κ1) is 37.4.